The molecule has 1 aliphatic rings. The van der Waals surface area contributed by atoms with E-state index < -0.39 is 6.10 Å². The number of β-amino-alcohol motifs (C(OH)–C–C–N with tert-alkyl or cyclic N) is 1. The molecule has 5 nitrogen and oxygen atoms in total. The van der Waals surface area contributed by atoms with Gasteiger partial charge in [-0.25, -0.2) is 0 Å². The van der Waals surface area contributed by atoms with Crippen LogP contribution in [0.25, 0.3) is 0 Å². The van der Waals surface area contributed by atoms with Crippen molar-refractivity contribution in [1.82, 2.24) is 4.90 Å². The van der Waals surface area contributed by atoms with Crippen molar-refractivity contribution in [2.24, 2.45) is 0 Å². The first-order chi connectivity index (χ1) is 12.2. The number of para-hydroxylation sites is 2. The molecule has 1 fully saturated rings. The molecule has 142 valence electrons. The Balaban J connectivity index is 1.64. The van der Waals surface area contributed by atoms with Gasteiger partial charge in [0.2, 0.25) is 0 Å². The quantitative estimate of drug-likeness (QED) is 0.622. The SMILES string of the molecule is CCCCCCOCC(O)CN1CCN(c2ccccc2OC)CC1. The van der Waals surface area contributed by atoms with E-state index >= 15 is 0 Å². The van der Waals surface area contributed by atoms with E-state index in [1.165, 1.54) is 19.3 Å². The van der Waals surface area contributed by atoms with E-state index in [0.717, 1.165) is 50.6 Å². The highest BCUT2D eigenvalue weighted by Crippen LogP contribution is 2.28. The number of unbranched alkanes of at least 4 members (excludes halogenated alkanes) is 3. The van der Waals surface area contributed by atoms with E-state index in [2.05, 4.69) is 22.8 Å². The lowest BCUT2D eigenvalue weighted by Gasteiger charge is -2.37. The van der Waals surface area contributed by atoms with Crippen molar-refractivity contribution in [3.8, 4) is 5.75 Å². The van der Waals surface area contributed by atoms with E-state index in [0.29, 0.717) is 13.2 Å². The van der Waals surface area contributed by atoms with Crippen LogP contribution in [-0.4, -0.2) is 69.2 Å². The van der Waals surface area contributed by atoms with Gasteiger partial charge in [0.1, 0.15) is 5.75 Å². The Morgan fingerprint density at radius 1 is 1.08 bits per heavy atom. The number of rotatable bonds is 11. The molecule has 1 aliphatic heterocycles. The molecule has 1 heterocycles. The van der Waals surface area contributed by atoms with Gasteiger partial charge in [-0.05, 0) is 18.6 Å². The highest BCUT2D eigenvalue weighted by Gasteiger charge is 2.21. The van der Waals surface area contributed by atoms with E-state index in [1.807, 2.05) is 18.2 Å². The van der Waals surface area contributed by atoms with E-state index in [-0.39, 0.29) is 0 Å². The Labute approximate surface area is 152 Å². The number of aliphatic hydroxyl groups excluding tert-OH is 1. The fourth-order valence-electron chi connectivity index (χ4n) is 3.26. The van der Waals surface area contributed by atoms with Gasteiger partial charge in [0.15, 0.2) is 0 Å². The zero-order valence-corrected chi connectivity index (χ0v) is 15.8. The molecule has 1 aromatic rings. The van der Waals surface area contributed by atoms with Crippen molar-refractivity contribution in [1.29, 1.82) is 0 Å². The molecule has 2 rings (SSSR count). The molecule has 0 aliphatic carbocycles. The molecule has 25 heavy (non-hydrogen) atoms. The van der Waals surface area contributed by atoms with E-state index in [4.69, 9.17) is 9.47 Å². The summed E-state index contributed by atoms with van der Waals surface area (Å²) in [5, 5.41) is 10.2. The number of methoxy groups -OCH3 is 1. The Hall–Kier alpha value is -1.30. The third-order valence-electron chi connectivity index (χ3n) is 4.72. The number of nitrogens with zero attached hydrogens (tertiary/aromatic N) is 2. The Kier molecular flexibility index (Phi) is 9.08. The molecule has 0 saturated carbocycles. The van der Waals surface area contributed by atoms with Crippen molar-refractivity contribution in [2.45, 2.75) is 38.7 Å². The smallest absolute Gasteiger partial charge is 0.142 e. The van der Waals surface area contributed by atoms with Crippen LogP contribution in [0.15, 0.2) is 24.3 Å². The normalized spacial score (nSPS) is 16.8. The molecular formula is C20H34N2O3. The van der Waals surface area contributed by atoms with Gasteiger partial charge in [0.05, 0.1) is 25.5 Å². The van der Waals surface area contributed by atoms with E-state index in [1.54, 1.807) is 7.11 Å². The van der Waals surface area contributed by atoms with Crippen LogP contribution in [0, 0.1) is 0 Å². The lowest BCUT2D eigenvalue weighted by atomic mass is 10.2. The average molecular weight is 351 g/mol. The predicted molar refractivity (Wildman–Crippen MR) is 103 cm³/mol. The second kappa shape index (κ2) is 11.3. The average Bonchev–Trinajstić information content (AvgIpc) is 2.65. The summed E-state index contributed by atoms with van der Waals surface area (Å²) in [4.78, 5) is 4.67. The first-order valence-electron chi connectivity index (χ1n) is 9.60. The van der Waals surface area contributed by atoms with Crippen LogP contribution in [0.1, 0.15) is 32.6 Å². The fraction of sp³-hybridized carbons (Fsp3) is 0.700. The summed E-state index contributed by atoms with van der Waals surface area (Å²) in [6, 6.07) is 8.15. The fourth-order valence-corrected chi connectivity index (χ4v) is 3.26. The molecule has 1 atom stereocenters. The van der Waals surface area contributed by atoms with E-state index in [9.17, 15) is 5.11 Å². The third-order valence-corrected chi connectivity index (χ3v) is 4.72. The van der Waals surface area contributed by atoms with Gasteiger partial charge in [-0.2, -0.15) is 0 Å². The summed E-state index contributed by atoms with van der Waals surface area (Å²) in [6.07, 6.45) is 4.42. The maximum Gasteiger partial charge on any atom is 0.142 e. The summed E-state index contributed by atoms with van der Waals surface area (Å²) in [5.74, 6) is 0.924. The molecule has 0 bridgehead atoms. The first-order valence-corrected chi connectivity index (χ1v) is 9.60. The number of benzene rings is 1. The van der Waals surface area contributed by atoms with Gasteiger partial charge < -0.3 is 19.5 Å². The third kappa shape index (κ3) is 6.84. The van der Waals surface area contributed by atoms with Crippen molar-refractivity contribution >= 4 is 5.69 Å². The maximum atomic E-state index is 10.2. The molecule has 0 amide bonds. The van der Waals surface area contributed by atoms with Gasteiger partial charge in [0, 0.05) is 39.3 Å². The van der Waals surface area contributed by atoms with Crippen molar-refractivity contribution in [3.05, 3.63) is 24.3 Å². The van der Waals surface area contributed by atoms with Crippen LogP contribution in [0.4, 0.5) is 5.69 Å². The number of ether oxygens (including phenoxy) is 2. The Bertz CT molecular complexity index is 476. The second-order valence-electron chi connectivity index (χ2n) is 6.75. The second-order valence-corrected chi connectivity index (χ2v) is 6.75. The molecule has 0 spiro atoms. The number of hydrogen-bond acceptors (Lipinski definition) is 5. The molecule has 1 saturated heterocycles. The summed E-state index contributed by atoms with van der Waals surface area (Å²) < 4.78 is 11.1. The monoisotopic (exact) mass is 350 g/mol. The Morgan fingerprint density at radius 2 is 1.84 bits per heavy atom. The van der Waals surface area contributed by atoms with Gasteiger partial charge in [-0.3, -0.25) is 4.90 Å². The minimum atomic E-state index is -0.399. The van der Waals surface area contributed by atoms with Crippen LogP contribution in [0.2, 0.25) is 0 Å². The van der Waals surface area contributed by atoms with Crippen LogP contribution >= 0.6 is 0 Å². The largest absolute Gasteiger partial charge is 0.495 e. The lowest BCUT2D eigenvalue weighted by molar-refractivity contribution is 0.0146. The van der Waals surface area contributed by atoms with Crippen molar-refractivity contribution in [2.75, 3.05) is 57.9 Å². The zero-order valence-electron chi connectivity index (χ0n) is 15.8. The maximum absolute atomic E-state index is 10.2. The van der Waals surface area contributed by atoms with Gasteiger partial charge in [0.25, 0.3) is 0 Å². The minimum absolute atomic E-state index is 0.399. The van der Waals surface area contributed by atoms with Crippen molar-refractivity contribution < 1.29 is 14.6 Å². The molecule has 1 unspecified atom stereocenters. The standard InChI is InChI=1S/C20H34N2O3/c1-3-4-5-8-15-25-17-18(23)16-21-11-13-22(14-12-21)19-9-6-7-10-20(19)24-2/h6-7,9-10,18,23H,3-5,8,11-17H2,1-2H3. The van der Waals surface area contributed by atoms with Gasteiger partial charge in [-0.1, -0.05) is 38.3 Å². The first kappa shape index (κ1) is 20.0. The summed E-state index contributed by atoms with van der Waals surface area (Å²) in [6.45, 7) is 7.90. The topological polar surface area (TPSA) is 45.2 Å². The molecule has 1 N–H and O–H groups in total. The number of aliphatic hydroxyl groups is 1. The summed E-state index contributed by atoms with van der Waals surface area (Å²) >= 11 is 0. The van der Waals surface area contributed by atoms with Crippen LogP contribution < -0.4 is 9.64 Å². The van der Waals surface area contributed by atoms with Crippen LogP contribution in [0.3, 0.4) is 0 Å². The Morgan fingerprint density at radius 3 is 2.56 bits per heavy atom. The molecule has 0 aromatic heterocycles. The number of piperazine rings is 1. The van der Waals surface area contributed by atoms with Crippen molar-refractivity contribution in [3.63, 3.8) is 0 Å². The summed E-state index contributed by atoms with van der Waals surface area (Å²) in [5.41, 5.74) is 1.15. The summed E-state index contributed by atoms with van der Waals surface area (Å²) in [7, 11) is 1.72. The van der Waals surface area contributed by atoms with Crippen LogP contribution in [-0.2, 0) is 4.74 Å². The minimum Gasteiger partial charge on any atom is -0.495 e. The highest BCUT2D eigenvalue weighted by atomic mass is 16.5. The number of anilines is 1. The lowest BCUT2D eigenvalue weighted by Crippen LogP contribution is -2.49. The zero-order chi connectivity index (χ0) is 17.9. The number of hydrogen-bond donors (Lipinski definition) is 1. The molecular weight excluding hydrogens is 316 g/mol. The molecule has 0 radical (unpaired) electrons. The molecule has 1 aromatic carbocycles. The molecule has 5 heteroatoms. The van der Waals surface area contributed by atoms with Gasteiger partial charge >= 0.3 is 0 Å². The van der Waals surface area contributed by atoms with Crippen LogP contribution in [0.5, 0.6) is 5.75 Å². The van der Waals surface area contributed by atoms with Gasteiger partial charge in [-0.15, -0.1) is 0 Å². The highest BCUT2D eigenvalue weighted by molar-refractivity contribution is 5.58. The predicted octanol–water partition coefficient (Wildman–Crippen LogP) is 2.78.